The summed E-state index contributed by atoms with van der Waals surface area (Å²) in [6.07, 6.45) is 11.1. The molecule has 13 rings (SSSR count). The lowest BCUT2D eigenvalue weighted by molar-refractivity contribution is -0.126. The number of carbonyl (C=O) groups excluding carboxylic acids is 6. The SMILES string of the molecule is N=C1N[C@H]2[C@H](CS[C@H]2CCCCC(=O)NCCCCNC(=O)CN(CCOCCOCCNC(=O)CCCCCNC(=O)OCCCOc2cccc3c(N=C4N=C(N)c5ccccc54)n4c(c23)N=C2N=C(N=C3c5ccccc5CN3[Si]4(O)O)c3ccccc32)CC(=O)NCCCCNC(=O)CCCC[C@@H]2SC[C@@H]3NC(=N)N[C@@H]32)N1. The molecule has 0 radical (unpaired) electrons. The number of alkyl carbamates (subject to hydrolysis) is 1. The first-order valence-corrected chi connectivity index (χ1v) is 44.5. The van der Waals surface area contributed by atoms with Gasteiger partial charge in [0.05, 0.1) is 82.3 Å². The molecule has 0 spiro atoms. The monoisotopic (exact) mass is 1650 g/mol. The van der Waals surface area contributed by atoms with E-state index in [1.807, 2.05) is 102 Å². The van der Waals surface area contributed by atoms with Crippen molar-refractivity contribution in [2.75, 3.05) is 110 Å². The number of unbranched alkanes of at least 4 members (excludes halogenated alkanes) is 6. The maximum Gasteiger partial charge on any atom is 0.592 e. The summed E-state index contributed by atoms with van der Waals surface area (Å²) in [5.41, 5.74) is 10.8. The van der Waals surface area contributed by atoms with Crippen molar-refractivity contribution < 1.29 is 57.3 Å². The zero-order chi connectivity index (χ0) is 80.8. The molecule has 4 aromatic carbocycles. The minimum absolute atomic E-state index is 0.0183. The van der Waals surface area contributed by atoms with Gasteiger partial charge in [-0.15, -0.1) is 0 Å². The number of hydrogen-bond donors (Lipinski definition) is 15. The number of carbonyl (C=O) groups is 6. The van der Waals surface area contributed by atoms with E-state index >= 15 is 0 Å². The smallest absolute Gasteiger partial charge is 0.493 e. The third-order valence-corrected chi connectivity index (χ3v) is 26.5. The molecule has 1 aromatic heterocycles. The molecular weight excluding hydrogens is 1540 g/mol. The third-order valence-electron chi connectivity index (χ3n) is 21.4. The number of rotatable bonds is 45. The quantitative estimate of drug-likeness (QED) is 0.0189. The highest BCUT2D eigenvalue weighted by molar-refractivity contribution is 8.00. The van der Waals surface area contributed by atoms with Gasteiger partial charge in [-0.3, -0.25) is 43.9 Å². The van der Waals surface area contributed by atoms with Crippen LogP contribution in [0.3, 0.4) is 0 Å². The van der Waals surface area contributed by atoms with Crippen LogP contribution < -0.4 is 63.6 Å². The second kappa shape index (κ2) is 41.2. The van der Waals surface area contributed by atoms with E-state index in [9.17, 15) is 38.4 Å². The lowest BCUT2D eigenvalue weighted by atomic mass is 10.0. The number of nitrogens with zero attached hydrogens (tertiary/aromatic N) is 8. The molecule has 2 bridgehead atoms. The maximum atomic E-state index is 13.2. The van der Waals surface area contributed by atoms with E-state index in [4.69, 9.17) is 55.5 Å². The predicted octanol–water partition coefficient (Wildman–Crippen LogP) is 4.43. The van der Waals surface area contributed by atoms with Gasteiger partial charge in [0, 0.05) is 133 Å². The summed E-state index contributed by atoms with van der Waals surface area (Å²) >= 11 is 3.85. The van der Waals surface area contributed by atoms with E-state index < -0.39 is 15.0 Å². The topological polar surface area (TPSA) is 447 Å². The van der Waals surface area contributed by atoms with Crippen LogP contribution in [0, 0.1) is 10.8 Å². The van der Waals surface area contributed by atoms with E-state index in [2.05, 4.69) is 58.2 Å². The molecule has 620 valence electrons. The summed E-state index contributed by atoms with van der Waals surface area (Å²) in [6, 6.07) is 29.2. The van der Waals surface area contributed by atoms with E-state index in [0.717, 1.165) is 66.7 Å². The number of aromatic nitrogens is 1. The number of hydrogen-bond acceptors (Lipinski definition) is 23. The minimum atomic E-state index is -4.97. The average Bonchev–Trinajstić information content (AvgIpc) is 1.55. The van der Waals surface area contributed by atoms with Gasteiger partial charge in [0.15, 0.2) is 29.4 Å². The summed E-state index contributed by atoms with van der Waals surface area (Å²) in [7, 11) is -4.97. The number of aliphatic imine (C=N–C) groups is 5. The number of amides is 6. The molecule has 36 heteroatoms. The summed E-state index contributed by atoms with van der Waals surface area (Å²) in [5.74, 6) is 4.49. The van der Waals surface area contributed by atoms with Crippen molar-refractivity contribution in [2.24, 2.45) is 30.7 Å². The second-order valence-corrected chi connectivity index (χ2v) is 34.6. The minimum Gasteiger partial charge on any atom is -0.493 e. The molecule has 33 nitrogen and oxygen atoms in total. The van der Waals surface area contributed by atoms with Gasteiger partial charge in [0.25, 0.3) is 0 Å². The number of nitrogens with one attached hydrogen (secondary N) is 12. The fourth-order valence-corrected chi connectivity index (χ4v) is 20.5. The first-order valence-electron chi connectivity index (χ1n) is 40.6. The van der Waals surface area contributed by atoms with Crippen molar-refractivity contribution in [3.05, 3.63) is 124 Å². The Bertz CT molecular complexity index is 4450. The molecular formula is C80H107N21O12S2Si. The Balaban J connectivity index is 0.492. The molecule has 6 amide bonds. The Morgan fingerprint density at radius 3 is 1.71 bits per heavy atom. The molecule has 8 aliphatic rings. The first-order chi connectivity index (χ1) is 56.5. The van der Waals surface area contributed by atoms with Gasteiger partial charge in [0.2, 0.25) is 29.5 Å². The average molecular weight is 1650 g/mol. The van der Waals surface area contributed by atoms with Crippen LogP contribution in [-0.2, 0) is 44.7 Å². The Morgan fingerprint density at radius 2 is 1.08 bits per heavy atom. The summed E-state index contributed by atoms with van der Waals surface area (Å²) < 4.78 is 26.5. The maximum absolute atomic E-state index is 13.2. The molecule has 9 heterocycles. The fourth-order valence-electron chi connectivity index (χ4n) is 15.5. The Labute approximate surface area is 684 Å². The van der Waals surface area contributed by atoms with Gasteiger partial charge in [-0.05, 0) is 75.8 Å². The lowest BCUT2D eigenvalue weighted by Crippen LogP contribution is -2.60. The van der Waals surface area contributed by atoms with Crippen LogP contribution in [-0.4, -0.2) is 254 Å². The van der Waals surface area contributed by atoms with Gasteiger partial charge in [-0.25, -0.2) is 29.8 Å². The zero-order valence-corrected chi connectivity index (χ0v) is 68.0. The van der Waals surface area contributed by atoms with Crippen LogP contribution in [0.2, 0.25) is 0 Å². The number of benzene rings is 4. The Kier molecular flexibility index (Phi) is 29.9. The molecule has 5 aromatic rings. The van der Waals surface area contributed by atoms with Crippen LogP contribution in [0.4, 0.5) is 16.4 Å². The second-order valence-electron chi connectivity index (χ2n) is 29.8. The number of nitrogens with two attached hydrogens (primary N) is 1. The highest BCUT2D eigenvalue weighted by Gasteiger charge is 2.52. The van der Waals surface area contributed by atoms with Crippen molar-refractivity contribution >= 4 is 132 Å². The number of ether oxygens (including phenoxy) is 4. The van der Waals surface area contributed by atoms with Gasteiger partial charge in [-0.2, -0.15) is 23.5 Å². The largest absolute Gasteiger partial charge is 0.592 e. The summed E-state index contributed by atoms with van der Waals surface area (Å²) in [4.78, 5) is 130. The van der Waals surface area contributed by atoms with E-state index in [1.54, 1.807) is 17.0 Å². The Hall–Kier alpha value is -9.95. The number of amidine groups is 5. The van der Waals surface area contributed by atoms with Gasteiger partial charge < -0.3 is 92.0 Å². The van der Waals surface area contributed by atoms with Crippen LogP contribution >= 0.6 is 23.5 Å². The van der Waals surface area contributed by atoms with Gasteiger partial charge >= 0.3 is 15.0 Å². The van der Waals surface area contributed by atoms with Crippen LogP contribution in [0.15, 0.2) is 116 Å². The van der Waals surface area contributed by atoms with Gasteiger partial charge in [-0.1, -0.05) is 104 Å². The first kappa shape index (κ1) is 84.0. The standard InChI is InChI=1S/C80H107N21O12S2Si/c81-71-53-22-5-6-23-54(53)72(94-71)97-76-57-26-18-27-60(68(57)77-98-74-56-25-8-7-24-55(56)73(95-74)96-75-52-21-4-3-20-51(52)46-100(75)116(108,109)101(76)77)112-40-19-41-113-80(107)89-37-13-1-2-30-65(104)88-38-42-110-44-45-111-43-39-99(47-66(105)86-35-16-14-33-84-63(102)31-11-9-28-61-69-58(49-114-61)90-78(82)92-69)48-67(106)87-36-17-15-34-85-64(103)32-12-10-29-62-70-59(50-115-62)91-79(83)93-70/h3-8,18,20-27,58-59,61-62,69-70,108-109H,1-2,9-17,19,28-50H2,(H,84,102)(H,85,103)(H,86,105)(H,87,106)(H,88,104)(H,89,107)(H2,81,94,97)(H3,82,90,92)(H3,83,91,93)/t58-,59-,61-,62-,69-,70-/m0/s1. The number of fused-ring (bicyclic) bond motifs is 13. The molecule has 116 heavy (non-hydrogen) atoms. The molecule has 6 atom stereocenters. The van der Waals surface area contributed by atoms with E-state index in [1.165, 1.54) is 8.80 Å². The zero-order valence-electron chi connectivity index (χ0n) is 65.3. The lowest BCUT2D eigenvalue weighted by Gasteiger charge is -2.32. The molecule has 0 aliphatic carbocycles. The molecule has 0 saturated carbocycles. The van der Waals surface area contributed by atoms with Crippen molar-refractivity contribution in [3.63, 3.8) is 0 Å². The van der Waals surface area contributed by atoms with Crippen molar-refractivity contribution in [3.8, 4) is 5.75 Å². The summed E-state index contributed by atoms with van der Waals surface area (Å²) in [5, 5.41) is 47.9. The molecule has 4 fully saturated rings. The van der Waals surface area contributed by atoms with Crippen LogP contribution in [0.5, 0.6) is 5.75 Å². The molecule has 0 unspecified atom stereocenters. The third kappa shape index (κ3) is 22.0. The van der Waals surface area contributed by atoms with Gasteiger partial charge in [0.1, 0.15) is 29.1 Å². The van der Waals surface area contributed by atoms with Crippen LogP contribution in [0.1, 0.15) is 143 Å². The number of guanidine groups is 2. The highest BCUT2D eigenvalue weighted by atomic mass is 32.2. The van der Waals surface area contributed by atoms with Crippen molar-refractivity contribution in [1.29, 1.82) is 10.8 Å². The molecule has 16 N–H and O–H groups in total. The van der Waals surface area contributed by atoms with Crippen LogP contribution in [0.25, 0.3) is 10.8 Å². The van der Waals surface area contributed by atoms with E-state index in [0.29, 0.717) is 202 Å². The van der Waals surface area contributed by atoms with Crippen molar-refractivity contribution in [2.45, 2.75) is 150 Å². The molecule has 8 aliphatic heterocycles. The fraction of sp³-hybridized carbons (Fsp3) is 0.512. The summed E-state index contributed by atoms with van der Waals surface area (Å²) in [6.45, 7) is 4.06. The highest BCUT2D eigenvalue weighted by Crippen LogP contribution is 2.47. The van der Waals surface area contributed by atoms with E-state index in [-0.39, 0.29) is 124 Å². The number of thioether (sulfide) groups is 2. The Morgan fingerprint density at radius 1 is 0.543 bits per heavy atom. The molecule has 4 saturated heterocycles. The normalized spacial score (nSPS) is 19.8. The predicted molar refractivity (Wildman–Crippen MR) is 451 cm³/mol. The van der Waals surface area contributed by atoms with Crippen molar-refractivity contribution in [1.82, 2.24) is 66.9 Å².